The molecule has 29 heavy (non-hydrogen) atoms. The Labute approximate surface area is 167 Å². The second-order valence-corrected chi connectivity index (χ2v) is 6.93. The van der Waals surface area contributed by atoms with Gasteiger partial charge in [0.1, 0.15) is 5.75 Å². The number of methoxy groups -OCH3 is 3. The van der Waals surface area contributed by atoms with E-state index in [9.17, 15) is 9.59 Å². The first kappa shape index (κ1) is 18.9. The molecule has 0 radical (unpaired) electrons. The Hall–Kier alpha value is -3.48. The van der Waals surface area contributed by atoms with Gasteiger partial charge in [0.25, 0.3) is 5.56 Å². The van der Waals surface area contributed by atoms with Crippen LogP contribution < -0.4 is 24.5 Å². The molecule has 2 heterocycles. The number of hydrogen-bond acceptors (Lipinski definition) is 6. The molecule has 0 saturated heterocycles. The van der Waals surface area contributed by atoms with Crippen molar-refractivity contribution in [2.75, 3.05) is 21.3 Å². The monoisotopic (exact) mass is 395 g/mol. The molecule has 1 atom stereocenters. The number of fused-ring (bicyclic) bond motifs is 2. The van der Waals surface area contributed by atoms with Crippen molar-refractivity contribution in [3.05, 3.63) is 57.4 Å². The molecule has 150 valence electrons. The minimum atomic E-state index is -0.547. The molecule has 0 saturated carbocycles. The molecular weight excluding hydrogens is 374 g/mol. The smallest absolute Gasteiger partial charge is 0.312 e. The van der Waals surface area contributed by atoms with Crippen molar-refractivity contribution < 1.29 is 23.7 Å². The van der Waals surface area contributed by atoms with Crippen LogP contribution in [0.3, 0.4) is 0 Å². The van der Waals surface area contributed by atoms with Crippen molar-refractivity contribution in [3.63, 3.8) is 0 Å². The summed E-state index contributed by atoms with van der Waals surface area (Å²) in [5.74, 6) is 0.451. The minimum Gasteiger partial charge on any atom is -0.493 e. The Kier molecular flexibility index (Phi) is 4.66. The molecule has 0 amide bonds. The lowest BCUT2D eigenvalue weighted by molar-refractivity contribution is -0.135. The summed E-state index contributed by atoms with van der Waals surface area (Å²) in [7, 11) is 4.49. The molecule has 0 fully saturated rings. The molecular formula is C22H21NO6. The van der Waals surface area contributed by atoms with E-state index < -0.39 is 11.9 Å². The van der Waals surface area contributed by atoms with E-state index in [2.05, 4.69) is 4.98 Å². The lowest BCUT2D eigenvalue weighted by Crippen LogP contribution is -2.26. The Balaban J connectivity index is 2.00. The van der Waals surface area contributed by atoms with Crippen molar-refractivity contribution in [3.8, 4) is 23.0 Å². The normalized spacial score (nSPS) is 15.6. The predicted molar refractivity (Wildman–Crippen MR) is 107 cm³/mol. The topological polar surface area (TPSA) is 86.9 Å². The van der Waals surface area contributed by atoms with Crippen molar-refractivity contribution in [2.45, 2.75) is 19.3 Å². The summed E-state index contributed by atoms with van der Waals surface area (Å²) >= 11 is 0. The van der Waals surface area contributed by atoms with E-state index in [4.69, 9.17) is 18.9 Å². The van der Waals surface area contributed by atoms with E-state index >= 15 is 0 Å². The van der Waals surface area contributed by atoms with Gasteiger partial charge in [-0.05, 0) is 30.5 Å². The number of esters is 1. The van der Waals surface area contributed by atoms with E-state index in [1.165, 1.54) is 21.3 Å². The van der Waals surface area contributed by atoms with Crippen LogP contribution in [0.2, 0.25) is 0 Å². The quantitative estimate of drug-likeness (QED) is 0.539. The van der Waals surface area contributed by atoms with Gasteiger partial charge in [-0.3, -0.25) is 9.59 Å². The predicted octanol–water partition coefficient (Wildman–Crippen LogP) is 3.30. The molecule has 0 spiro atoms. The maximum Gasteiger partial charge on any atom is 0.312 e. The number of ether oxygens (including phenoxy) is 4. The second kappa shape index (κ2) is 7.16. The van der Waals surface area contributed by atoms with Gasteiger partial charge in [-0.1, -0.05) is 11.6 Å². The Morgan fingerprint density at radius 2 is 1.76 bits per heavy atom. The van der Waals surface area contributed by atoms with Crippen LogP contribution in [0.4, 0.5) is 0 Å². The number of aromatic amines is 1. The molecule has 2 aromatic carbocycles. The summed E-state index contributed by atoms with van der Waals surface area (Å²) in [5.41, 5.74) is 2.60. The highest BCUT2D eigenvalue weighted by molar-refractivity contribution is 5.83. The summed E-state index contributed by atoms with van der Waals surface area (Å²) < 4.78 is 21.9. The first-order valence-electron chi connectivity index (χ1n) is 9.14. The van der Waals surface area contributed by atoms with Crippen molar-refractivity contribution in [2.24, 2.45) is 0 Å². The van der Waals surface area contributed by atoms with Crippen LogP contribution in [0.5, 0.6) is 23.0 Å². The first-order chi connectivity index (χ1) is 14.0. The Morgan fingerprint density at radius 1 is 1.00 bits per heavy atom. The number of hydrogen-bond donors (Lipinski definition) is 1. The largest absolute Gasteiger partial charge is 0.493 e. The number of benzene rings is 2. The fourth-order valence-corrected chi connectivity index (χ4v) is 3.87. The van der Waals surface area contributed by atoms with Crippen LogP contribution in [-0.2, 0) is 4.79 Å². The van der Waals surface area contributed by atoms with Crippen LogP contribution in [-0.4, -0.2) is 32.3 Å². The highest BCUT2D eigenvalue weighted by atomic mass is 16.5. The van der Waals surface area contributed by atoms with E-state index in [0.29, 0.717) is 34.1 Å². The highest BCUT2D eigenvalue weighted by Crippen LogP contribution is 2.51. The fourth-order valence-electron chi connectivity index (χ4n) is 3.87. The zero-order chi connectivity index (χ0) is 20.7. The molecule has 0 unspecified atom stereocenters. The summed E-state index contributed by atoms with van der Waals surface area (Å²) in [5, 5.41) is 0.888. The van der Waals surface area contributed by atoms with E-state index in [1.54, 1.807) is 6.07 Å². The molecule has 0 bridgehead atoms. The molecule has 7 nitrogen and oxygen atoms in total. The maximum atomic E-state index is 12.9. The van der Waals surface area contributed by atoms with Gasteiger partial charge in [0.05, 0.1) is 27.8 Å². The summed E-state index contributed by atoms with van der Waals surface area (Å²) in [6.45, 7) is 1.98. The second-order valence-electron chi connectivity index (χ2n) is 6.93. The zero-order valence-corrected chi connectivity index (χ0v) is 16.6. The van der Waals surface area contributed by atoms with E-state index in [0.717, 1.165) is 16.5 Å². The van der Waals surface area contributed by atoms with Gasteiger partial charge >= 0.3 is 5.97 Å². The number of aromatic nitrogens is 1. The number of rotatable bonds is 4. The van der Waals surface area contributed by atoms with Crippen LogP contribution in [0.1, 0.15) is 29.0 Å². The van der Waals surface area contributed by atoms with Crippen LogP contribution >= 0.6 is 0 Å². The highest BCUT2D eigenvalue weighted by Gasteiger charge is 2.36. The van der Waals surface area contributed by atoms with E-state index in [-0.39, 0.29) is 12.0 Å². The molecule has 4 rings (SSSR count). The average Bonchev–Trinajstić information content (AvgIpc) is 2.71. The van der Waals surface area contributed by atoms with Crippen LogP contribution in [0.25, 0.3) is 10.9 Å². The lowest BCUT2D eigenvalue weighted by atomic mass is 9.85. The SMILES string of the molecule is COc1cc2c(c(OC)c1OC)[C@@H](c1cc3cc(C)ccc3[nH]c1=O)CC(=O)O2. The zero-order valence-electron chi connectivity index (χ0n) is 16.6. The molecule has 7 heteroatoms. The average molecular weight is 395 g/mol. The molecule has 1 aliphatic heterocycles. The number of aryl methyl sites for hydroxylation is 1. The van der Waals surface area contributed by atoms with E-state index in [1.807, 2.05) is 31.2 Å². The lowest BCUT2D eigenvalue weighted by Gasteiger charge is -2.28. The fraction of sp³-hybridized carbons (Fsp3) is 0.273. The van der Waals surface area contributed by atoms with Gasteiger partial charge in [-0.15, -0.1) is 0 Å². The summed E-state index contributed by atoms with van der Waals surface area (Å²) in [4.78, 5) is 28.2. The molecule has 0 aliphatic carbocycles. The van der Waals surface area contributed by atoms with Gasteiger partial charge in [0.2, 0.25) is 5.75 Å². The molecule has 3 aromatic rings. The van der Waals surface area contributed by atoms with Gasteiger partial charge in [0.15, 0.2) is 11.5 Å². The molecule has 1 N–H and O–H groups in total. The van der Waals surface area contributed by atoms with Gasteiger partial charge in [-0.2, -0.15) is 0 Å². The third-order valence-corrected chi connectivity index (χ3v) is 5.18. The summed E-state index contributed by atoms with van der Waals surface area (Å²) in [6.07, 6.45) is 0.0131. The van der Waals surface area contributed by atoms with Crippen molar-refractivity contribution in [1.82, 2.24) is 4.98 Å². The third kappa shape index (κ3) is 3.08. The number of nitrogens with one attached hydrogen (secondary N) is 1. The maximum absolute atomic E-state index is 12.9. The number of H-pyrrole nitrogens is 1. The standard InChI is InChI=1S/C22H21NO6/c1-11-5-6-15-12(7-11)8-14(22(25)23-15)13-9-18(24)29-16-10-17(26-2)20(27-3)21(28-4)19(13)16/h5-8,10,13H,9H2,1-4H3,(H,23,25)/t13-/m1/s1. The van der Waals surface area contributed by atoms with Gasteiger partial charge in [0, 0.05) is 28.6 Å². The third-order valence-electron chi connectivity index (χ3n) is 5.18. The minimum absolute atomic E-state index is 0.0131. The first-order valence-corrected chi connectivity index (χ1v) is 9.14. The number of carbonyl (C=O) groups is 1. The Bertz CT molecular complexity index is 1180. The van der Waals surface area contributed by atoms with Crippen molar-refractivity contribution in [1.29, 1.82) is 0 Å². The van der Waals surface area contributed by atoms with Crippen LogP contribution in [0, 0.1) is 6.92 Å². The summed E-state index contributed by atoms with van der Waals surface area (Å²) in [6, 6.07) is 9.20. The molecule has 1 aromatic heterocycles. The van der Waals surface area contributed by atoms with Crippen LogP contribution in [0.15, 0.2) is 35.1 Å². The Morgan fingerprint density at radius 3 is 2.45 bits per heavy atom. The number of pyridine rings is 1. The van der Waals surface area contributed by atoms with Gasteiger partial charge < -0.3 is 23.9 Å². The van der Waals surface area contributed by atoms with Gasteiger partial charge in [-0.25, -0.2) is 0 Å². The van der Waals surface area contributed by atoms with Crippen molar-refractivity contribution >= 4 is 16.9 Å². The molecule has 1 aliphatic rings. The number of carbonyl (C=O) groups excluding carboxylic acids is 1.